The lowest BCUT2D eigenvalue weighted by Crippen LogP contribution is -2.49. The number of hydrogen-bond acceptors (Lipinski definition) is 5. The highest BCUT2D eigenvalue weighted by Crippen LogP contribution is 2.35. The topological polar surface area (TPSA) is 73.7 Å². The number of halogens is 3. The van der Waals surface area contributed by atoms with Crippen molar-refractivity contribution >= 4 is 15.8 Å². The Morgan fingerprint density at radius 3 is 2.28 bits per heavy atom. The molecule has 1 aliphatic heterocycles. The summed E-state index contributed by atoms with van der Waals surface area (Å²) >= 11 is 0. The van der Waals surface area contributed by atoms with E-state index in [1.54, 1.807) is 19.1 Å². The molecule has 1 N–H and O–H groups in total. The van der Waals surface area contributed by atoms with Crippen molar-refractivity contribution in [2.75, 3.05) is 31.1 Å². The van der Waals surface area contributed by atoms with Crippen LogP contribution in [0.25, 0.3) is 0 Å². The first-order valence-corrected chi connectivity index (χ1v) is 10.6. The second kappa shape index (κ2) is 8.29. The van der Waals surface area contributed by atoms with Crippen molar-refractivity contribution in [1.29, 1.82) is 0 Å². The fourth-order valence-electron chi connectivity index (χ4n) is 3.30. The first-order chi connectivity index (χ1) is 13.6. The summed E-state index contributed by atoms with van der Waals surface area (Å²) in [6.45, 7) is 1.99. The molecule has 0 saturated carbocycles. The van der Waals surface area contributed by atoms with E-state index in [-0.39, 0.29) is 36.9 Å². The molecule has 2 heterocycles. The molecule has 10 heteroatoms. The zero-order chi connectivity index (χ0) is 21.2. The maximum absolute atomic E-state index is 13.2. The number of aliphatic hydroxyl groups excluding tert-OH is 1. The number of nitrogens with zero attached hydrogens (tertiary/aromatic N) is 3. The van der Waals surface area contributed by atoms with Gasteiger partial charge in [0.25, 0.3) is 0 Å². The Morgan fingerprint density at radius 1 is 1.10 bits per heavy atom. The molecule has 0 spiro atoms. The van der Waals surface area contributed by atoms with Crippen LogP contribution in [0.1, 0.15) is 18.1 Å². The number of rotatable bonds is 5. The molecule has 1 aromatic carbocycles. The van der Waals surface area contributed by atoms with Crippen LogP contribution in [0.4, 0.5) is 19.0 Å². The Morgan fingerprint density at radius 2 is 1.72 bits per heavy atom. The minimum atomic E-state index is -4.53. The van der Waals surface area contributed by atoms with E-state index in [2.05, 4.69) is 4.98 Å². The SMILES string of the molecule is CC(O)Cc1ccc(S(=O)(=O)N2CCN(c3ncccc3C(F)(F)F)CC2)cc1. The highest BCUT2D eigenvalue weighted by Gasteiger charge is 2.37. The molecule has 29 heavy (non-hydrogen) atoms. The lowest BCUT2D eigenvalue weighted by Gasteiger charge is -2.35. The highest BCUT2D eigenvalue weighted by atomic mass is 32.2. The quantitative estimate of drug-likeness (QED) is 0.791. The molecule has 1 atom stereocenters. The highest BCUT2D eigenvalue weighted by molar-refractivity contribution is 7.89. The van der Waals surface area contributed by atoms with Crippen molar-refractivity contribution in [2.24, 2.45) is 0 Å². The van der Waals surface area contributed by atoms with Crippen LogP contribution in [0, 0.1) is 0 Å². The fourth-order valence-corrected chi connectivity index (χ4v) is 4.72. The maximum atomic E-state index is 13.2. The van der Waals surface area contributed by atoms with Gasteiger partial charge in [0.05, 0.1) is 16.6 Å². The molecule has 0 aliphatic carbocycles. The number of pyridine rings is 1. The summed E-state index contributed by atoms with van der Waals surface area (Å²) in [5.74, 6) is -0.181. The molecule has 0 radical (unpaired) electrons. The van der Waals surface area contributed by atoms with Gasteiger partial charge < -0.3 is 10.0 Å². The fraction of sp³-hybridized carbons (Fsp3) is 0.421. The first kappa shape index (κ1) is 21.5. The van der Waals surface area contributed by atoms with E-state index in [4.69, 9.17) is 0 Å². The lowest BCUT2D eigenvalue weighted by atomic mass is 10.1. The Bertz CT molecular complexity index is 939. The van der Waals surface area contributed by atoms with Crippen LogP contribution in [0.2, 0.25) is 0 Å². The predicted molar refractivity (Wildman–Crippen MR) is 102 cm³/mol. The van der Waals surface area contributed by atoms with Gasteiger partial charge in [-0.2, -0.15) is 17.5 Å². The van der Waals surface area contributed by atoms with E-state index >= 15 is 0 Å². The minimum Gasteiger partial charge on any atom is -0.393 e. The van der Waals surface area contributed by atoms with Gasteiger partial charge >= 0.3 is 6.18 Å². The third-order valence-corrected chi connectivity index (χ3v) is 6.64. The summed E-state index contributed by atoms with van der Waals surface area (Å²) in [6.07, 6.45) is -3.34. The molecule has 1 unspecified atom stereocenters. The van der Waals surface area contributed by atoms with Crippen LogP contribution >= 0.6 is 0 Å². The van der Waals surface area contributed by atoms with Gasteiger partial charge in [0.1, 0.15) is 5.82 Å². The first-order valence-electron chi connectivity index (χ1n) is 9.13. The Hall–Kier alpha value is -2.17. The lowest BCUT2D eigenvalue weighted by molar-refractivity contribution is -0.137. The molecular weight excluding hydrogens is 407 g/mol. The number of piperazine rings is 1. The van der Waals surface area contributed by atoms with E-state index in [1.165, 1.54) is 33.6 Å². The van der Waals surface area contributed by atoms with Crippen molar-refractivity contribution in [3.8, 4) is 0 Å². The van der Waals surface area contributed by atoms with E-state index in [0.29, 0.717) is 6.42 Å². The third kappa shape index (κ3) is 4.88. The number of aromatic nitrogens is 1. The van der Waals surface area contributed by atoms with Crippen molar-refractivity contribution < 1.29 is 26.7 Å². The number of hydrogen-bond donors (Lipinski definition) is 1. The van der Waals surface area contributed by atoms with Crippen LogP contribution < -0.4 is 4.90 Å². The largest absolute Gasteiger partial charge is 0.419 e. The average molecular weight is 429 g/mol. The minimum absolute atomic E-state index is 0.0611. The van der Waals surface area contributed by atoms with Crippen LogP contribution in [0.15, 0.2) is 47.5 Å². The van der Waals surface area contributed by atoms with Crippen molar-refractivity contribution in [1.82, 2.24) is 9.29 Å². The molecule has 1 aromatic heterocycles. The Balaban J connectivity index is 1.72. The Kier molecular flexibility index (Phi) is 6.16. The normalized spacial score (nSPS) is 17.3. The van der Waals surface area contributed by atoms with Crippen molar-refractivity contribution in [3.05, 3.63) is 53.7 Å². The summed E-state index contributed by atoms with van der Waals surface area (Å²) in [5.41, 5.74) is -0.0105. The summed E-state index contributed by atoms with van der Waals surface area (Å²) in [7, 11) is -3.75. The molecule has 0 amide bonds. The summed E-state index contributed by atoms with van der Waals surface area (Å²) in [5, 5.41) is 9.42. The second-order valence-corrected chi connectivity index (χ2v) is 8.90. The van der Waals surface area contributed by atoms with Gasteiger partial charge in [-0.05, 0) is 43.2 Å². The van der Waals surface area contributed by atoms with E-state index in [0.717, 1.165) is 11.6 Å². The van der Waals surface area contributed by atoms with Crippen molar-refractivity contribution in [3.63, 3.8) is 0 Å². The van der Waals surface area contributed by atoms with Crippen LogP contribution in [-0.4, -0.2) is 55.1 Å². The molecule has 158 valence electrons. The van der Waals surface area contributed by atoms with Gasteiger partial charge in [0.2, 0.25) is 10.0 Å². The second-order valence-electron chi connectivity index (χ2n) is 6.96. The van der Waals surface area contributed by atoms with Gasteiger partial charge in [0, 0.05) is 32.4 Å². The molecule has 0 bridgehead atoms. The van der Waals surface area contributed by atoms with Crippen LogP contribution in [0.5, 0.6) is 0 Å². The number of sulfonamides is 1. The number of alkyl halides is 3. The van der Waals surface area contributed by atoms with Gasteiger partial charge in [-0.15, -0.1) is 0 Å². The average Bonchev–Trinajstić information content (AvgIpc) is 2.67. The van der Waals surface area contributed by atoms with E-state index in [9.17, 15) is 26.7 Å². The summed E-state index contributed by atoms with van der Waals surface area (Å²) in [4.78, 5) is 5.44. The molecular formula is C19H22F3N3O3S. The zero-order valence-electron chi connectivity index (χ0n) is 15.8. The van der Waals surface area contributed by atoms with Gasteiger partial charge in [0.15, 0.2) is 0 Å². The molecule has 1 aliphatic rings. The summed E-state index contributed by atoms with van der Waals surface area (Å²) < 4.78 is 66.6. The van der Waals surface area contributed by atoms with Gasteiger partial charge in [-0.1, -0.05) is 12.1 Å². The van der Waals surface area contributed by atoms with Crippen LogP contribution in [0.3, 0.4) is 0 Å². The number of benzene rings is 1. The Labute approximate surface area is 167 Å². The maximum Gasteiger partial charge on any atom is 0.419 e. The molecule has 2 aromatic rings. The molecule has 6 nitrogen and oxygen atoms in total. The summed E-state index contributed by atoms with van der Waals surface area (Å²) in [6, 6.07) is 8.48. The predicted octanol–water partition coefficient (Wildman–Crippen LogP) is 2.53. The monoisotopic (exact) mass is 429 g/mol. The molecule has 3 rings (SSSR count). The molecule has 1 fully saturated rings. The van der Waals surface area contributed by atoms with E-state index < -0.39 is 27.9 Å². The van der Waals surface area contributed by atoms with Gasteiger partial charge in [-0.3, -0.25) is 0 Å². The molecule has 1 saturated heterocycles. The third-order valence-electron chi connectivity index (χ3n) is 4.72. The smallest absolute Gasteiger partial charge is 0.393 e. The number of aliphatic hydroxyl groups is 1. The number of anilines is 1. The van der Waals surface area contributed by atoms with E-state index in [1.807, 2.05) is 0 Å². The van der Waals surface area contributed by atoms with Gasteiger partial charge in [-0.25, -0.2) is 13.4 Å². The van der Waals surface area contributed by atoms with Crippen LogP contribution in [-0.2, 0) is 22.6 Å². The standard InChI is InChI=1S/C19H22F3N3O3S/c1-14(26)13-15-4-6-16(7-5-15)29(27,28)25-11-9-24(10-12-25)18-17(19(20,21)22)3-2-8-23-18/h2-8,14,26H,9-13H2,1H3. The zero-order valence-corrected chi connectivity index (χ0v) is 16.6. The van der Waals surface area contributed by atoms with Crippen molar-refractivity contribution in [2.45, 2.75) is 30.5 Å².